The standard InChI is InChI=1S/C16H25NO3/c1-13(17-15(9-10-18)12-19-2)7-8-14-5-4-6-16(11-14)20-3/h4-8,11,13,15,17-18H,9-10,12H2,1-3H3/b8-7+. The first-order chi connectivity index (χ1) is 9.69. The van der Waals surface area contributed by atoms with Crippen molar-refractivity contribution in [2.75, 3.05) is 27.4 Å². The molecule has 0 bridgehead atoms. The molecule has 0 fully saturated rings. The van der Waals surface area contributed by atoms with E-state index in [-0.39, 0.29) is 18.7 Å². The Kier molecular flexibility index (Phi) is 7.95. The van der Waals surface area contributed by atoms with Crippen LogP contribution in [0.4, 0.5) is 0 Å². The fourth-order valence-corrected chi connectivity index (χ4v) is 2.00. The van der Waals surface area contributed by atoms with Gasteiger partial charge in [-0.25, -0.2) is 0 Å². The number of rotatable bonds is 9. The van der Waals surface area contributed by atoms with E-state index in [1.54, 1.807) is 14.2 Å². The summed E-state index contributed by atoms with van der Waals surface area (Å²) in [5, 5.41) is 12.4. The maximum atomic E-state index is 9.01. The van der Waals surface area contributed by atoms with Gasteiger partial charge in [0.25, 0.3) is 0 Å². The Morgan fingerprint density at radius 1 is 1.35 bits per heavy atom. The SMILES string of the molecule is COCC(CCO)NC(C)/C=C/c1cccc(OC)c1. The van der Waals surface area contributed by atoms with Gasteiger partial charge in [0.2, 0.25) is 0 Å². The molecule has 0 amide bonds. The van der Waals surface area contributed by atoms with Crippen LogP contribution < -0.4 is 10.1 Å². The van der Waals surface area contributed by atoms with E-state index in [4.69, 9.17) is 14.6 Å². The zero-order chi connectivity index (χ0) is 14.8. The largest absolute Gasteiger partial charge is 0.497 e. The number of methoxy groups -OCH3 is 2. The molecule has 0 aliphatic carbocycles. The third-order valence-corrected chi connectivity index (χ3v) is 3.02. The molecule has 0 aromatic heterocycles. The van der Waals surface area contributed by atoms with Crippen LogP contribution in [-0.4, -0.2) is 44.6 Å². The molecule has 0 aliphatic rings. The molecule has 112 valence electrons. The number of hydrogen-bond acceptors (Lipinski definition) is 4. The Morgan fingerprint density at radius 2 is 2.15 bits per heavy atom. The number of hydrogen-bond donors (Lipinski definition) is 2. The van der Waals surface area contributed by atoms with Crippen molar-refractivity contribution in [2.45, 2.75) is 25.4 Å². The fraction of sp³-hybridized carbons (Fsp3) is 0.500. The lowest BCUT2D eigenvalue weighted by atomic mass is 10.1. The van der Waals surface area contributed by atoms with Gasteiger partial charge in [-0.2, -0.15) is 0 Å². The molecule has 0 radical (unpaired) electrons. The Hall–Kier alpha value is -1.36. The number of aliphatic hydroxyl groups excluding tert-OH is 1. The minimum Gasteiger partial charge on any atom is -0.497 e. The molecular formula is C16H25NO3. The summed E-state index contributed by atoms with van der Waals surface area (Å²) in [6, 6.07) is 8.28. The average Bonchev–Trinajstić information content (AvgIpc) is 2.46. The van der Waals surface area contributed by atoms with Gasteiger partial charge in [-0.05, 0) is 31.0 Å². The van der Waals surface area contributed by atoms with Crippen LogP contribution in [0.15, 0.2) is 30.3 Å². The summed E-state index contributed by atoms with van der Waals surface area (Å²) >= 11 is 0. The lowest BCUT2D eigenvalue weighted by Crippen LogP contribution is -2.39. The normalized spacial score (nSPS) is 14.4. The molecule has 2 atom stereocenters. The molecule has 0 spiro atoms. The molecule has 0 saturated carbocycles. The second-order valence-electron chi connectivity index (χ2n) is 4.76. The highest BCUT2D eigenvalue weighted by Crippen LogP contribution is 2.13. The summed E-state index contributed by atoms with van der Waals surface area (Å²) in [4.78, 5) is 0. The van der Waals surface area contributed by atoms with E-state index in [0.29, 0.717) is 13.0 Å². The van der Waals surface area contributed by atoms with Gasteiger partial charge in [0, 0.05) is 25.8 Å². The van der Waals surface area contributed by atoms with Crippen LogP contribution in [0.1, 0.15) is 18.9 Å². The topological polar surface area (TPSA) is 50.7 Å². The van der Waals surface area contributed by atoms with Crippen LogP contribution in [0, 0.1) is 0 Å². The molecule has 2 unspecified atom stereocenters. The molecule has 4 heteroatoms. The van der Waals surface area contributed by atoms with Crippen molar-refractivity contribution in [1.29, 1.82) is 0 Å². The molecule has 1 aromatic carbocycles. The maximum absolute atomic E-state index is 9.01. The quantitative estimate of drug-likeness (QED) is 0.727. The fourth-order valence-electron chi connectivity index (χ4n) is 2.00. The van der Waals surface area contributed by atoms with Gasteiger partial charge in [0.05, 0.1) is 13.7 Å². The minimum absolute atomic E-state index is 0.160. The van der Waals surface area contributed by atoms with Gasteiger partial charge >= 0.3 is 0 Å². The van der Waals surface area contributed by atoms with Crippen molar-refractivity contribution >= 4 is 6.08 Å². The van der Waals surface area contributed by atoms with E-state index in [0.717, 1.165) is 11.3 Å². The monoisotopic (exact) mass is 279 g/mol. The highest BCUT2D eigenvalue weighted by Gasteiger charge is 2.09. The maximum Gasteiger partial charge on any atom is 0.119 e. The molecule has 0 saturated heterocycles. The molecule has 2 N–H and O–H groups in total. The van der Waals surface area contributed by atoms with Crippen molar-refractivity contribution in [3.63, 3.8) is 0 Å². The molecule has 0 aliphatic heterocycles. The first-order valence-corrected chi connectivity index (χ1v) is 6.87. The van der Waals surface area contributed by atoms with Gasteiger partial charge in [0.1, 0.15) is 5.75 Å². The lowest BCUT2D eigenvalue weighted by molar-refractivity contribution is 0.146. The Bertz CT molecular complexity index is 400. The number of benzene rings is 1. The third-order valence-electron chi connectivity index (χ3n) is 3.02. The van der Waals surface area contributed by atoms with E-state index < -0.39 is 0 Å². The van der Waals surface area contributed by atoms with Crippen molar-refractivity contribution < 1.29 is 14.6 Å². The zero-order valence-corrected chi connectivity index (χ0v) is 12.5. The molecule has 1 rings (SSSR count). The van der Waals surface area contributed by atoms with Gasteiger partial charge in [0.15, 0.2) is 0 Å². The van der Waals surface area contributed by atoms with Crippen LogP contribution in [0.2, 0.25) is 0 Å². The number of nitrogens with one attached hydrogen (secondary N) is 1. The van der Waals surface area contributed by atoms with E-state index in [1.807, 2.05) is 24.3 Å². The van der Waals surface area contributed by atoms with E-state index in [2.05, 4.69) is 24.4 Å². The predicted molar refractivity (Wildman–Crippen MR) is 82.0 cm³/mol. The third kappa shape index (κ3) is 6.19. The summed E-state index contributed by atoms with van der Waals surface area (Å²) in [7, 11) is 3.33. The van der Waals surface area contributed by atoms with E-state index >= 15 is 0 Å². The van der Waals surface area contributed by atoms with E-state index in [9.17, 15) is 0 Å². The summed E-state index contributed by atoms with van der Waals surface area (Å²) in [5.41, 5.74) is 1.10. The molecule has 4 nitrogen and oxygen atoms in total. The summed E-state index contributed by atoms with van der Waals surface area (Å²) in [6.45, 7) is 2.84. The zero-order valence-electron chi connectivity index (χ0n) is 12.5. The molecular weight excluding hydrogens is 254 g/mol. The van der Waals surface area contributed by atoms with Crippen molar-refractivity contribution in [1.82, 2.24) is 5.32 Å². The van der Waals surface area contributed by atoms with Crippen LogP contribution in [0.25, 0.3) is 6.08 Å². The van der Waals surface area contributed by atoms with Crippen molar-refractivity contribution in [3.05, 3.63) is 35.9 Å². The van der Waals surface area contributed by atoms with Crippen molar-refractivity contribution in [3.8, 4) is 5.75 Å². The first kappa shape index (κ1) is 16.7. The minimum atomic E-state index is 0.160. The molecule has 0 heterocycles. The van der Waals surface area contributed by atoms with Crippen LogP contribution in [0.3, 0.4) is 0 Å². The predicted octanol–water partition coefficient (Wildman–Crippen LogP) is 2.08. The Morgan fingerprint density at radius 3 is 2.80 bits per heavy atom. The second kappa shape index (κ2) is 9.53. The summed E-state index contributed by atoms with van der Waals surface area (Å²) in [6.07, 6.45) is 4.84. The van der Waals surface area contributed by atoms with Gasteiger partial charge < -0.3 is 19.9 Å². The van der Waals surface area contributed by atoms with Crippen LogP contribution >= 0.6 is 0 Å². The van der Waals surface area contributed by atoms with Gasteiger partial charge in [-0.3, -0.25) is 0 Å². The van der Waals surface area contributed by atoms with Crippen LogP contribution in [-0.2, 0) is 4.74 Å². The Labute approximate surface area is 121 Å². The summed E-state index contributed by atoms with van der Waals surface area (Å²) in [5.74, 6) is 0.852. The molecule has 1 aromatic rings. The first-order valence-electron chi connectivity index (χ1n) is 6.87. The van der Waals surface area contributed by atoms with Gasteiger partial charge in [-0.15, -0.1) is 0 Å². The summed E-state index contributed by atoms with van der Waals surface area (Å²) < 4.78 is 10.3. The smallest absolute Gasteiger partial charge is 0.119 e. The van der Waals surface area contributed by atoms with Gasteiger partial charge in [-0.1, -0.05) is 24.3 Å². The van der Waals surface area contributed by atoms with Crippen molar-refractivity contribution in [2.24, 2.45) is 0 Å². The average molecular weight is 279 g/mol. The number of ether oxygens (including phenoxy) is 2. The second-order valence-corrected chi connectivity index (χ2v) is 4.76. The Balaban J connectivity index is 2.54. The molecule has 20 heavy (non-hydrogen) atoms. The highest BCUT2D eigenvalue weighted by atomic mass is 16.5. The lowest BCUT2D eigenvalue weighted by Gasteiger charge is -2.20. The highest BCUT2D eigenvalue weighted by molar-refractivity contribution is 5.52. The van der Waals surface area contributed by atoms with Crippen LogP contribution in [0.5, 0.6) is 5.75 Å². The number of aliphatic hydroxyl groups is 1. The van der Waals surface area contributed by atoms with E-state index in [1.165, 1.54) is 0 Å².